The largest absolute Gasteiger partial charge is 0.497 e. The molecule has 0 amide bonds. The van der Waals surface area contributed by atoms with Crippen LogP contribution >= 0.6 is 11.6 Å². The predicted molar refractivity (Wildman–Crippen MR) is 118 cm³/mol. The minimum atomic E-state index is -0.476. The summed E-state index contributed by atoms with van der Waals surface area (Å²) < 4.78 is 16.6. The summed E-state index contributed by atoms with van der Waals surface area (Å²) in [6.45, 7) is 0. The van der Waals surface area contributed by atoms with Crippen molar-refractivity contribution < 1.29 is 18.8 Å². The maximum atomic E-state index is 11.2. The number of rotatable bonds is 5. The normalized spacial score (nSPS) is 11.5. The quantitative estimate of drug-likeness (QED) is 0.286. The van der Waals surface area contributed by atoms with Crippen LogP contribution in [0.1, 0.15) is 0 Å². The van der Waals surface area contributed by atoms with Crippen LogP contribution in [-0.2, 0) is 0 Å². The standard InChI is InChI=1S/C23H17ClN2O5/c1-29-17-7-3-14(4-8-17)23-13-19(18-11-15(24)5-9-21(18)31-23)25-20-12-16(26(27)28)6-10-22(20)30-2/h3-13H,1-2H3. The molecule has 1 heterocycles. The molecule has 0 N–H and O–H groups in total. The van der Waals surface area contributed by atoms with E-state index in [-0.39, 0.29) is 5.69 Å². The summed E-state index contributed by atoms with van der Waals surface area (Å²) in [5.41, 5.74) is 1.63. The third-order valence-corrected chi connectivity index (χ3v) is 4.93. The van der Waals surface area contributed by atoms with Crippen molar-refractivity contribution in [3.05, 3.63) is 87.2 Å². The van der Waals surface area contributed by atoms with Crippen LogP contribution in [0.15, 0.2) is 76.1 Å². The van der Waals surface area contributed by atoms with Crippen molar-refractivity contribution >= 4 is 33.9 Å². The van der Waals surface area contributed by atoms with Crippen LogP contribution in [0.25, 0.3) is 22.3 Å². The zero-order valence-electron chi connectivity index (χ0n) is 16.7. The molecule has 4 rings (SSSR count). The first-order valence-corrected chi connectivity index (χ1v) is 9.61. The van der Waals surface area contributed by atoms with Gasteiger partial charge in [0.2, 0.25) is 0 Å². The van der Waals surface area contributed by atoms with Gasteiger partial charge in [-0.2, -0.15) is 0 Å². The number of fused-ring (bicyclic) bond motifs is 1. The second kappa shape index (κ2) is 8.49. The molecular formula is C23H17ClN2O5. The van der Waals surface area contributed by atoms with Crippen LogP contribution < -0.4 is 14.8 Å². The third-order valence-electron chi connectivity index (χ3n) is 4.69. The molecule has 0 atom stereocenters. The number of benzene rings is 3. The van der Waals surface area contributed by atoms with Gasteiger partial charge in [0.25, 0.3) is 5.69 Å². The zero-order valence-corrected chi connectivity index (χ0v) is 17.4. The maximum Gasteiger partial charge on any atom is 0.271 e. The molecule has 0 aliphatic rings. The van der Waals surface area contributed by atoms with Gasteiger partial charge < -0.3 is 13.9 Å². The summed E-state index contributed by atoms with van der Waals surface area (Å²) in [7, 11) is 3.08. The number of nitrogens with zero attached hydrogens (tertiary/aromatic N) is 2. The molecule has 7 nitrogen and oxygen atoms in total. The summed E-state index contributed by atoms with van der Waals surface area (Å²) in [6.07, 6.45) is 0. The highest BCUT2D eigenvalue weighted by molar-refractivity contribution is 6.31. The average molecular weight is 437 g/mol. The van der Waals surface area contributed by atoms with Gasteiger partial charge in [0.15, 0.2) is 0 Å². The molecule has 31 heavy (non-hydrogen) atoms. The minimum Gasteiger partial charge on any atom is -0.497 e. The summed E-state index contributed by atoms with van der Waals surface area (Å²) in [4.78, 5) is 15.4. The van der Waals surface area contributed by atoms with Gasteiger partial charge in [0.1, 0.15) is 28.5 Å². The smallest absolute Gasteiger partial charge is 0.271 e. The summed E-state index contributed by atoms with van der Waals surface area (Å²) >= 11 is 6.20. The van der Waals surface area contributed by atoms with Crippen LogP contribution in [0.4, 0.5) is 11.4 Å². The van der Waals surface area contributed by atoms with E-state index < -0.39 is 4.92 Å². The lowest BCUT2D eigenvalue weighted by atomic mass is 10.1. The van der Waals surface area contributed by atoms with Gasteiger partial charge in [-0.05, 0) is 48.5 Å². The van der Waals surface area contributed by atoms with Crippen molar-refractivity contribution in [3.63, 3.8) is 0 Å². The number of ether oxygens (including phenoxy) is 2. The van der Waals surface area contributed by atoms with E-state index in [4.69, 9.17) is 25.5 Å². The summed E-state index contributed by atoms with van der Waals surface area (Å²) in [5.74, 6) is 1.70. The van der Waals surface area contributed by atoms with Gasteiger partial charge in [-0.1, -0.05) is 11.6 Å². The van der Waals surface area contributed by atoms with Gasteiger partial charge in [-0.25, -0.2) is 4.99 Å². The predicted octanol–water partition coefficient (Wildman–Crippen LogP) is 5.91. The second-order valence-corrected chi connectivity index (χ2v) is 7.03. The van der Waals surface area contributed by atoms with Gasteiger partial charge in [0.05, 0.1) is 24.5 Å². The highest BCUT2D eigenvalue weighted by Gasteiger charge is 2.12. The van der Waals surface area contributed by atoms with Crippen molar-refractivity contribution in [2.24, 2.45) is 4.99 Å². The fourth-order valence-electron chi connectivity index (χ4n) is 3.14. The van der Waals surface area contributed by atoms with Crippen LogP contribution in [0.2, 0.25) is 5.02 Å². The van der Waals surface area contributed by atoms with Crippen molar-refractivity contribution in [1.82, 2.24) is 0 Å². The highest BCUT2D eigenvalue weighted by Crippen LogP contribution is 2.32. The van der Waals surface area contributed by atoms with Gasteiger partial charge >= 0.3 is 0 Å². The molecular weight excluding hydrogens is 420 g/mol. The molecule has 1 aromatic heterocycles. The molecule has 3 aromatic carbocycles. The highest BCUT2D eigenvalue weighted by atomic mass is 35.5. The Labute approximate surface area is 182 Å². The number of methoxy groups -OCH3 is 2. The lowest BCUT2D eigenvalue weighted by Crippen LogP contribution is -2.04. The first kappa shape index (κ1) is 20.4. The van der Waals surface area contributed by atoms with E-state index in [1.54, 1.807) is 31.4 Å². The van der Waals surface area contributed by atoms with Gasteiger partial charge in [-0.15, -0.1) is 0 Å². The SMILES string of the molecule is COc1ccc(-c2cc(=Nc3cc([N+](=O)[O-])ccc3OC)c3cc(Cl)ccc3o2)cc1. The Kier molecular flexibility index (Phi) is 5.60. The molecule has 0 aliphatic carbocycles. The number of nitro benzene ring substituents is 1. The van der Waals surface area contributed by atoms with Gasteiger partial charge in [-0.3, -0.25) is 10.1 Å². The van der Waals surface area contributed by atoms with Crippen molar-refractivity contribution in [2.45, 2.75) is 0 Å². The molecule has 0 saturated heterocycles. The van der Waals surface area contributed by atoms with E-state index in [1.165, 1.54) is 25.3 Å². The van der Waals surface area contributed by atoms with E-state index in [9.17, 15) is 10.1 Å². The Morgan fingerprint density at radius 1 is 0.968 bits per heavy atom. The van der Waals surface area contributed by atoms with E-state index >= 15 is 0 Å². The Bertz CT molecular complexity index is 1350. The molecule has 0 radical (unpaired) electrons. The van der Waals surface area contributed by atoms with E-state index in [2.05, 4.69) is 4.99 Å². The first-order chi connectivity index (χ1) is 15.0. The van der Waals surface area contributed by atoms with Crippen LogP contribution in [0, 0.1) is 10.1 Å². The first-order valence-electron chi connectivity index (χ1n) is 9.23. The van der Waals surface area contributed by atoms with Crippen molar-refractivity contribution in [3.8, 4) is 22.8 Å². The summed E-state index contributed by atoms with van der Waals surface area (Å²) in [6, 6.07) is 18.6. The fraction of sp³-hybridized carbons (Fsp3) is 0.0870. The Morgan fingerprint density at radius 2 is 1.74 bits per heavy atom. The minimum absolute atomic E-state index is 0.0853. The number of hydrogen-bond acceptors (Lipinski definition) is 6. The Hall–Kier alpha value is -3.84. The molecule has 0 bridgehead atoms. The molecule has 0 spiro atoms. The monoisotopic (exact) mass is 436 g/mol. The van der Waals surface area contributed by atoms with Crippen LogP contribution in [0.3, 0.4) is 0 Å². The Balaban J connectivity index is 1.99. The van der Waals surface area contributed by atoms with E-state index in [0.717, 1.165) is 11.3 Å². The summed E-state index contributed by atoms with van der Waals surface area (Å²) in [5, 5.41) is 13.0. The number of nitro groups is 1. The van der Waals surface area contributed by atoms with Crippen molar-refractivity contribution in [1.29, 1.82) is 0 Å². The number of non-ortho nitro benzene ring substituents is 1. The van der Waals surface area contributed by atoms with E-state index in [1.807, 2.05) is 24.3 Å². The molecule has 0 aliphatic heterocycles. The molecule has 0 unspecified atom stereocenters. The topological polar surface area (TPSA) is 87.1 Å². The number of halogens is 1. The van der Waals surface area contributed by atoms with Crippen LogP contribution in [0.5, 0.6) is 11.5 Å². The Morgan fingerprint density at radius 3 is 2.42 bits per heavy atom. The molecule has 0 fully saturated rings. The van der Waals surface area contributed by atoms with E-state index in [0.29, 0.717) is 38.5 Å². The average Bonchev–Trinajstić information content (AvgIpc) is 2.79. The molecule has 0 saturated carbocycles. The van der Waals surface area contributed by atoms with Crippen LogP contribution in [-0.4, -0.2) is 19.1 Å². The molecule has 4 aromatic rings. The van der Waals surface area contributed by atoms with Gasteiger partial charge in [0, 0.05) is 34.2 Å². The second-order valence-electron chi connectivity index (χ2n) is 6.59. The number of hydrogen-bond donors (Lipinski definition) is 0. The molecule has 156 valence electrons. The van der Waals surface area contributed by atoms with Crippen molar-refractivity contribution in [2.75, 3.05) is 14.2 Å². The third kappa shape index (κ3) is 4.22. The lowest BCUT2D eigenvalue weighted by Gasteiger charge is -2.08. The maximum absolute atomic E-state index is 11.2. The fourth-order valence-corrected chi connectivity index (χ4v) is 3.31. The lowest BCUT2D eigenvalue weighted by molar-refractivity contribution is -0.384. The zero-order chi connectivity index (χ0) is 22.0. The molecule has 8 heteroatoms.